The van der Waals surface area contributed by atoms with E-state index in [2.05, 4.69) is 13.5 Å². The number of fused-ring (bicyclic) bond motifs is 1. The lowest BCUT2D eigenvalue weighted by Crippen LogP contribution is -2.56. The van der Waals surface area contributed by atoms with Gasteiger partial charge >= 0.3 is 0 Å². The normalized spacial score (nSPS) is 41.0. The monoisotopic (exact) mass is 210 g/mol. The maximum atomic E-state index is 11.7. The van der Waals surface area contributed by atoms with E-state index in [9.17, 15) is 4.79 Å². The number of carbonyl (C=O) groups is 1. The summed E-state index contributed by atoms with van der Waals surface area (Å²) in [5.74, 6) is 0.152. The highest BCUT2D eigenvalue weighted by Crippen LogP contribution is 2.37. The molecule has 15 heavy (non-hydrogen) atoms. The Morgan fingerprint density at radius 2 is 2.47 bits per heavy atom. The maximum absolute atomic E-state index is 11.7. The topological polar surface area (TPSA) is 35.5 Å². The first-order valence-electron chi connectivity index (χ1n) is 5.59. The van der Waals surface area contributed by atoms with Crippen molar-refractivity contribution >= 4 is 5.78 Å². The second-order valence-electron chi connectivity index (χ2n) is 4.58. The average Bonchev–Trinajstić information content (AvgIpc) is 2.20. The van der Waals surface area contributed by atoms with Crippen molar-refractivity contribution in [3.63, 3.8) is 0 Å². The summed E-state index contributed by atoms with van der Waals surface area (Å²) in [5, 5.41) is 0. The van der Waals surface area contributed by atoms with E-state index in [1.165, 1.54) is 0 Å². The summed E-state index contributed by atoms with van der Waals surface area (Å²) in [4.78, 5) is 11.7. The van der Waals surface area contributed by atoms with Crippen LogP contribution in [-0.4, -0.2) is 30.2 Å². The van der Waals surface area contributed by atoms with Crippen molar-refractivity contribution in [2.45, 2.75) is 50.4 Å². The molecule has 0 unspecified atom stereocenters. The van der Waals surface area contributed by atoms with Gasteiger partial charge < -0.3 is 9.47 Å². The summed E-state index contributed by atoms with van der Waals surface area (Å²) in [6.45, 7) is 6.46. The van der Waals surface area contributed by atoms with E-state index in [-0.39, 0.29) is 23.6 Å². The van der Waals surface area contributed by atoms with Gasteiger partial charge in [-0.05, 0) is 26.2 Å². The molecular weight excluding hydrogens is 192 g/mol. The first-order valence-corrected chi connectivity index (χ1v) is 5.59. The second-order valence-corrected chi connectivity index (χ2v) is 4.58. The molecule has 84 valence electrons. The summed E-state index contributed by atoms with van der Waals surface area (Å²) in [7, 11) is 0. The van der Waals surface area contributed by atoms with Crippen LogP contribution in [0.4, 0.5) is 0 Å². The number of rotatable bonds is 2. The van der Waals surface area contributed by atoms with Crippen molar-refractivity contribution in [2.75, 3.05) is 6.61 Å². The van der Waals surface area contributed by atoms with Gasteiger partial charge in [-0.15, -0.1) is 6.58 Å². The molecule has 0 aromatic carbocycles. The fourth-order valence-corrected chi connectivity index (χ4v) is 2.43. The highest BCUT2D eigenvalue weighted by molar-refractivity contribution is 5.84. The van der Waals surface area contributed by atoms with Gasteiger partial charge in [-0.25, -0.2) is 0 Å². The summed E-state index contributed by atoms with van der Waals surface area (Å²) in [6.07, 6.45) is 4.51. The predicted molar refractivity (Wildman–Crippen MR) is 56.7 cm³/mol. The number of ketones is 1. The molecule has 0 aliphatic carbocycles. The predicted octanol–water partition coefficient (Wildman–Crippen LogP) is 1.86. The van der Waals surface area contributed by atoms with Gasteiger partial charge in [0.25, 0.3) is 0 Å². The number of ether oxygens (including phenoxy) is 2. The Hall–Kier alpha value is -0.670. The molecule has 0 bridgehead atoms. The zero-order valence-electron chi connectivity index (χ0n) is 9.20. The fourth-order valence-electron chi connectivity index (χ4n) is 2.43. The third-order valence-corrected chi connectivity index (χ3v) is 3.36. The maximum Gasteiger partial charge on any atom is 0.164 e. The standard InChI is InChI=1S/C12H18O3/c1-3-5-10-9(13)8-11-12(2,15-10)6-4-7-14-11/h3,10-11H,1,4-8H2,2H3/t10-,11-,12+/m0/s1. The van der Waals surface area contributed by atoms with Crippen molar-refractivity contribution < 1.29 is 14.3 Å². The molecule has 2 aliphatic heterocycles. The van der Waals surface area contributed by atoms with Gasteiger partial charge in [-0.2, -0.15) is 0 Å². The minimum Gasteiger partial charge on any atom is -0.375 e. The second kappa shape index (κ2) is 4.06. The van der Waals surface area contributed by atoms with E-state index in [1.54, 1.807) is 6.08 Å². The van der Waals surface area contributed by atoms with E-state index in [1.807, 2.05) is 0 Å². The van der Waals surface area contributed by atoms with Crippen molar-refractivity contribution in [1.29, 1.82) is 0 Å². The Kier molecular flexibility index (Phi) is 2.94. The van der Waals surface area contributed by atoms with E-state index in [0.717, 1.165) is 19.4 Å². The Labute approximate surface area is 90.4 Å². The molecular formula is C12H18O3. The Morgan fingerprint density at radius 3 is 3.20 bits per heavy atom. The molecule has 2 rings (SSSR count). The third kappa shape index (κ3) is 1.99. The summed E-state index contributed by atoms with van der Waals surface area (Å²) < 4.78 is 11.5. The zero-order valence-corrected chi connectivity index (χ0v) is 9.20. The molecule has 0 spiro atoms. The molecule has 3 atom stereocenters. The van der Waals surface area contributed by atoms with Crippen LogP contribution >= 0.6 is 0 Å². The van der Waals surface area contributed by atoms with Gasteiger partial charge in [-0.3, -0.25) is 4.79 Å². The average molecular weight is 210 g/mol. The molecule has 0 aromatic rings. The zero-order chi connectivity index (χ0) is 10.9. The smallest absolute Gasteiger partial charge is 0.164 e. The fraction of sp³-hybridized carbons (Fsp3) is 0.750. The Morgan fingerprint density at radius 1 is 1.67 bits per heavy atom. The van der Waals surface area contributed by atoms with Gasteiger partial charge in [0.2, 0.25) is 0 Å². The van der Waals surface area contributed by atoms with Crippen molar-refractivity contribution in [1.82, 2.24) is 0 Å². The number of carbonyl (C=O) groups excluding carboxylic acids is 1. The van der Waals surface area contributed by atoms with E-state index < -0.39 is 0 Å². The van der Waals surface area contributed by atoms with Gasteiger partial charge in [0.15, 0.2) is 5.78 Å². The summed E-state index contributed by atoms with van der Waals surface area (Å²) in [5.41, 5.74) is -0.264. The van der Waals surface area contributed by atoms with Crippen molar-refractivity contribution in [2.24, 2.45) is 0 Å². The largest absolute Gasteiger partial charge is 0.375 e. The highest BCUT2D eigenvalue weighted by atomic mass is 16.6. The number of hydrogen-bond donors (Lipinski definition) is 0. The summed E-state index contributed by atoms with van der Waals surface area (Å²) in [6, 6.07) is 0. The molecule has 0 N–H and O–H groups in total. The highest BCUT2D eigenvalue weighted by Gasteiger charge is 2.46. The minimum absolute atomic E-state index is 0.0418. The van der Waals surface area contributed by atoms with Crippen molar-refractivity contribution in [3.8, 4) is 0 Å². The Bertz CT molecular complexity index is 274. The lowest BCUT2D eigenvalue weighted by Gasteiger charge is -2.46. The van der Waals surface area contributed by atoms with Gasteiger partial charge in [-0.1, -0.05) is 6.08 Å². The lowest BCUT2D eigenvalue weighted by molar-refractivity contribution is -0.214. The molecule has 0 radical (unpaired) electrons. The molecule has 2 aliphatic rings. The quantitative estimate of drug-likeness (QED) is 0.653. The van der Waals surface area contributed by atoms with E-state index >= 15 is 0 Å². The van der Waals surface area contributed by atoms with Crippen LogP contribution in [0.25, 0.3) is 0 Å². The van der Waals surface area contributed by atoms with Crippen LogP contribution < -0.4 is 0 Å². The first-order chi connectivity index (χ1) is 7.15. The van der Waals surface area contributed by atoms with E-state index in [4.69, 9.17) is 9.47 Å². The van der Waals surface area contributed by atoms with Crippen LogP contribution in [0.2, 0.25) is 0 Å². The van der Waals surface area contributed by atoms with Gasteiger partial charge in [0.05, 0.1) is 11.7 Å². The van der Waals surface area contributed by atoms with E-state index in [0.29, 0.717) is 12.8 Å². The molecule has 0 aromatic heterocycles. The van der Waals surface area contributed by atoms with Crippen LogP contribution in [0.15, 0.2) is 12.7 Å². The van der Waals surface area contributed by atoms with Crippen LogP contribution in [0.1, 0.15) is 32.6 Å². The molecule has 3 nitrogen and oxygen atoms in total. The molecule has 3 heteroatoms. The SMILES string of the molecule is C=CC[C@@H]1O[C@]2(C)CCCO[C@H]2CC1=O. The van der Waals surface area contributed by atoms with Crippen molar-refractivity contribution in [3.05, 3.63) is 12.7 Å². The molecule has 0 amide bonds. The minimum atomic E-state index is -0.301. The lowest BCUT2D eigenvalue weighted by atomic mass is 9.83. The first kappa shape index (κ1) is 10.8. The van der Waals surface area contributed by atoms with Crippen LogP contribution in [-0.2, 0) is 14.3 Å². The van der Waals surface area contributed by atoms with Crippen LogP contribution in [0.3, 0.4) is 0 Å². The third-order valence-electron chi connectivity index (χ3n) is 3.36. The Balaban J connectivity index is 2.11. The molecule has 0 saturated carbocycles. The summed E-state index contributed by atoms with van der Waals surface area (Å²) >= 11 is 0. The molecule has 2 fully saturated rings. The van der Waals surface area contributed by atoms with Crippen LogP contribution in [0, 0.1) is 0 Å². The van der Waals surface area contributed by atoms with Crippen LogP contribution in [0.5, 0.6) is 0 Å². The number of Topliss-reactive ketones (excluding diaryl/α,β-unsaturated/α-hetero) is 1. The van der Waals surface area contributed by atoms with Gasteiger partial charge in [0, 0.05) is 13.0 Å². The molecule has 2 heterocycles. The van der Waals surface area contributed by atoms with Gasteiger partial charge in [0.1, 0.15) is 6.10 Å². The number of hydrogen-bond acceptors (Lipinski definition) is 3. The molecule has 2 saturated heterocycles.